The monoisotopic (exact) mass is 374 g/mol. The average Bonchev–Trinajstić information content (AvgIpc) is 3.16. The zero-order valence-corrected chi connectivity index (χ0v) is 15.1. The van der Waals surface area contributed by atoms with Crippen molar-refractivity contribution in [3.8, 4) is 17.2 Å². The number of rotatable bonds is 3. The molecule has 0 spiro atoms. The summed E-state index contributed by atoms with van der Waals surface area (Å²) in [5.74, 6) is 1.04. The molecule has 0 amide bonds. The van der Waals surface area contributed by atoms with Gasteiger partial charge in [0.1, 0.15) is 5.82 Å². The molecule has 1 aromatic carbocycles. The number of aromatic amines is 1. The lowest BCUT2D eigenvalue weighted by Gasteiger charge is -2.28. The number of hydrogen-bond donors (Lipinski definition) is 1. The molecule has 8 nitrogen and oxygen atoms in total. The number of aromatic nitrogens is 5. The van der Waals surface area contributed by atoms with Crippen molar-refractivity contribution in [2.24, 2.45) is 0 Å². The Hall–Kier alpha value is -3.52. The normalized spacial score (nSPS) is 14.5. The number of nitrogens with zero attached hydrogens (tertiary/aromatic N) is 5. The minimum absolute atomic E-state index is 0.220. The van der Waals surface area contributed by atoms with Crippen molar-refractivity contribution in [3.63, 3.8) is 0 Å². The molecule has 1 N–H and O–H groups in total. The third-order valence-electron chi connectivity index (χ3n) is 4.76. The highest BCUT2D eigenvalue weighted by molar-refractivity contribution is 5.87. The van der Waals surface area contributed by atoms with E-state index in [-0.39, 0.29) is 11.5 Å². The number of fused-ring (bicyclic) bond motifs is 1. The minimum Gasteiger partial charge on any atom is -0.378 e. The van der Waals surface area contributed by atoms with Crippen LogP contribution in [0.3, 0.4) is 0 Å². The number of pyridine rings is 1. The first-order chi connectivity index (χ1) is 13.8. The number of H-pyrrole nitrogens is 1. The molecule has 140 valence electrons. The van der Waals surface area contributed by atoms with Crippen molar-refractivity contribution in [2.45, 2.75) is 0 Å². The molecule has 3 aromatic heterocycles. The standard InChI is InChI=1S/C20H18N6O2/c27-17-13-16(14-5-2-1-3-6-14)24-26(17)20-22-18-15(7-4-8-21-18)19(23-20)25-9-11-28-12-10-25/h1-8,13,24H,9-12H2. The van der Waals surface area contributed by atoms with E-state index in [2.05, 4.69) is 20.0 Å². The predicted molar refractivity (Wildman–Crippen MR) is 106 cm³/mol. The SMILES string of the molecule is O=c1cc(-c2ccccc2)[nH]n1-c1nc(N2CCOCC2)c2cccnc2n1. The van der Waals surface area contributed by atoms with Gasteiger partial charge in [0.05, 0.1) is 24.3 Å². The van der Waals surface area contributed by atoms with E-state index in [1.807, 2.05) is 42.5 Å². The zero-order valence-electron chi connectivity index (χ0n) is 15.1. The molecule has 0 saturated carbocycles. The maximum Gasteiger partial charge on any atom is 0.274 e. The van der Waals surface area contributed by atoms with Crippen LogP contribution in [0.2, 0.25) is 0 Å². The largest absolute Gasteiger partial charge is 0.378 e. The van der Waals surface area contributed by atoms with Crippen molar-refractivity contribution in [2.75, 3.05) is 31.2 Å². The molecule has 0 aliphatic carbocycles. The summed E-state index contributed by atoms with van der Waals surface area (Å²) < 4.78 is 6.82. The van der Waals surface area contributed by atoms with Gasteiger partial charge in [-0.05, 0) is 17.7 Å². The second kappa shape index (κ2) is 6.90. The Morgan fingerprint density at radius 3 is 2.64 bits per heavy atom. The highest BCUT2D eigenvalue weighted by atomic mass is 16.5. The second-order valence-corrected chi connectivity index (χ2v) is 6.53. The molecule has 1 saturated heterocycles. The number of hydrogen-bond acceptors (Lipinski definition) is 6. The second-order valence-electron chi connectivity index (χ2n) is 6.53. The van der Waals surface area contributed by atoms with E-state index in [1.54, 1.807) is 12.3 Å². The van der Waals surface area contributed by atoms with Gasteiger partial charge in [-0.3, -0.25) is 9.89 Å². The van der Waals surface area contributed by atoms with Gasteiger partial charge < -0.3 is 9.64 Å². The van der Waals surface area contributed by atoms with Gasteiger partial charge in [0.2, 0.25) is 0 Å². The minimum atomic E-state index is -0.220. The average molecular weight is 374 g/mol. The van der Waals surface area contributed by atoms with Gasteiger partial charge in [0.15, 0.2) is 5.65 Å². The fourth-order valence-electron chi connectivity index (χ4n) is 3.36. The lowest BCUT2D eigenvalue weighted by Crippen LogP contribution is -2.37. The van der Waals surface area contributed by atoms with E-state index in [1.165, 1.54) is 4.68 Å². The zero-order chi connectivity index (χ0) is 18.9. The lowest BCUT2D eigenvalue weighted by molar-refractivity contribution is 0.122. The molecule has 1 fully saturated rings. The van der Waals surface area contributed by atoms with Gasteiger partial charge in [0.25, 0.3) is 11.5 Å². The van der Waals surface area contributed by atoms with Gasteiger partial charge in [-0.2, -0.15) is 14.6 Å². The molecule has 0 atom stereocenters. The highest BCUT2D eigenvalue weighted by Gasteiger charge is 2.19. The Morgan fingerprint density at radius 1 is 1.00 bits per heavy atom. The van der Waals surface area contributed by atoms with Gasteiger partial charge in [-0.15, -0.1) is 0 Å². The lowest BCUT2D eigenvalue weighted by atomic mass is 10.2. The van der Waals surface area contributed by atoms with Gasteiger partial charge in [-0.25, -0.2) is 4.98 Å². The van der Waals surface area contributed by atoms with Crippen LogP contribution in [0.1, 0.15) is 0 Å². The molecule has 1 aliphatic rings. The molecule has 5 rings (SSSR count). The summed E-state index contributed by atoms with van der Waals surface area (Å²) in [5, 5.41) is 3.97. The maximum atomic E-state index is 12.6. The van der Waals surface area contributed by atoms with Crippen molar-refractivity contribution in [1.82, 2.24) is 24.7 Å². The van der Waals surface area contributed by atoms with Crippen LogP contribution in [0, 0.1) is 0 Å². The summed E-state index contributed by atoms with van der Waals surface area (Å²) in [7, 11) is 0. The first-order valence-corrected chi connectivity index (χ1v) is 9.13. The van der Waals surface area contributed by atoms with Crippen LogP contribution in [0.15, 0.2) is 59.5 Å². The summed E-state index contributed by atoms with van der Waals surface area (Å²) >= 11 is 0. The van der Waals surface area contributed by atoms with E-state index >= 15 is 0 Å². The molecule has 1 aliphatic heterocycles. The summed E-state index contributed by atoms with van der Waals surface area (Å²) in [4.78, 5) is 28.4. The molecular formula is C20H18N6O2. The quantitative estimate of drug-likeness (QED) is 0.590. The summed E-state index contributed by atoms with van der Waals surface area (Å²) in [6, 6.07) is 15.0. The summed E-state index contributed by atoms with van der Waals surface area (Å²) in [6.07, 6.45) is 1.69. The molecule has 4 aromatic rings. The van der Waals surface area contributed by atoms with Crippen molar-refractivity contribution >= 4 is 16.9 Å². The molecule has 8 heteroatoms. The Balaban J connectivity index is 1.65. The first kappa shape index (κ1) is 16.6. The van der Waals surface area contributed by atoms with Crippen LogP contribution < -0.4 is 10.5 Å². The fourth-order valence-corrected chi connectivity index (χ4v) is 3.36. The topological polar surface area (TPSA) is 88.9 Å². The van der Waals surface area contributed by atoms with Crippen LogP contribution in [0.4, 0.5) is 5.82 Å². The van der Waals surface area contributed by atoms with Crippen LogP contribution in [0.25, 0.3) is 28.2 Å². The van der Waals surface area contributed by atoms with E-state index in [0.29, 0.717) is 24.6 Å². The summed E-state index contributed by atoms with van der Waals surface area (Å²) in [6.45, 7) is 2.74. The summed E-state index contributed by atoms with van der Waals surface area (Å²) in [5.41, 5.74) is 1.97. The molecular weight excluding hydrogens is 356 g/mol. The van der Waals surface area contributed by atoms with E-state index < -0.39 is 0 Å². The van der Waals surface area contributed by atoms with E-state index in [0.717, 1.165) is 29.9 Å². The number of benzene rings is 1. The van der Waals surface area contributed by atoms with Crippen LogP contribution in [-0.2, 0) is 4.74 Å². The first-order valence-electron chi connectivity index (χ1n) is 9.13. The van der Waals surface area contributed by atoms with Crippen LogP contribution in [0.5, 0.6) is 0 Å². The maximum absolute atomic E-state index is 12.6. The predicted octanol–water partition coefficient (Wildman–Crippen LogP) is 2.01. The Kier molecular flexibility index (Phi) is 4.10. The van der Waals surface area contributed by atoms with Gasteiger partial charge >= 0.3 is 0 Å². The Morgan fingerprint density at radius 2 is 1.82 bits per heavy atom. The molecule has 28 heavy (non-hydrogen) atoms. The number of morpholine rings is 1. The third kappa shape index (κ3) is 2.93. The third-order valence-corrected chi connectivity index (χ3v) is 4.76. The van der Waals surface area contributed by atoms with Crippen molar-refractivity contribution < 1.29 is 4.74 Å². The Labute approximate surface area is 160 Å². The van der Waals surface area contributed by atoms with E-state index in [9.17, 15) is 4.79 Å². The molecule has 4 heterocycles. The van der Waals surface area contributed by atoms with Gasteiger partial charge in [-0.1, -0.05) is 30.3 Å². The fraction of sp³-hybridized carbons (Fsp3) is 0.200. The van der Waals surface area contributed by atoms with Crippen molar-refractivity contribution in [3.05, 3.63) is 65.1 Å². The van der Waals surface area contributed by atoms with E-state index in [4.69, 9.17) is 9.72 Å². The van der Waals surface area contributed by atoms with Crippen LogP contribution in [-0.4, -0.2) is 51.0 Å². The Bertz CT molecular complexity index is 1180. The number of ether oxygens (including phenoxy) is 1. The van der Waals surface area contributed by atoms with Crippen molar-refractivity contribution in [1.29, 1.82) is 0 Å². The molecule has 0 bridgehead atoms. The molecule has 0 unspecified atom stereocenters. The van der Waals surface area contributed by atoms with Crippen LogP contribution >= 0.6 is 0 Å². The highest BCUT2D eigenvalue weighted by Crippen LogP contribution is 2.24. The number of anilines is 1. The van der Waals surface area contributed by atoms with Gasteiger partial charge in [0, 0.05) is 25.4 Å². The number of nitrogens with one attached hydrogen (secondary N) is 1. The molecule has 0 radical (unpaired) electrons. The smallest absolute Gasteiger partial charge is 0.274 e.